The van der Waals surface area contributed by atoms with Crippen molar-refractivity contribution in [1.29, 1.82) is 0 Å². The number of aromatic nitrogens is 2. The van der Waals surface area contributed by atoms with E-state index in [-0.39, 0.29) is 17.7 Å². The maximum atomic E-state index is 6.58. The van der Waals surface area contributed by atoms with Crippen molar-refractivity contribution in [2.45, 2.75) is 40.0 Å². The van der Waals surface area contributed by atoms with Gasteiger partial charge < -0.3 is 9.47 Å². The molecule has 0 radical (unpaired) electrons. The summed E-state index contributed by atoms with van der Waals surface area (Å²) >= 11 is 6.06. The summed E-state index contributed by atoms with van der Waals surface area (Å²) in [4.78, 5) is 4.21. The van der Waals surface area contributed by atoms with Crippen molar-refractivity contribution in [2.24, 2.45) is 5.41 Å². The highest BCUT2D eigenvalue weighted by Crippen LogP contribution is 2.37. The van der Waals surface area contributed by atoms with E-state index >= 15 is 0 Å². The molecule has 4 nitrogen and oxygen atoms in total. The molecule has 3 aromatic rings. The highest BCUT2D eigenvalue weighted by Gasteiger charge is 2.36. The lowest BCUT2D eigenvalue weighted by atomic mass is 9.87. The molecule has 148 valence electrons. The Kier molecular flexibility index (Phi) is 6.42. The van der Waals surface area contributed by atoms with Crippen molar-refractivity contribution >= 4 is 11.6 Å². The van der Waals surface area contributed by atoms with E-state index in [1.807, 2.05) is 60.2 Å². The third kappa shape index (κ3) is 4.75. The summed E-state index contributed by atoms with van der Waals surface area (Å²) in [5, 5.41) is 0.711. The second kappa shape index (κ2) is 8.80. The fraction of sp³-hybridized carbons (Fsp3) is 0.348. The molecule has 28 heavy (non-hydrogen) atoms. The van der Waals surface area contributed by atoms with E-state index in [0.29, 0.717) is 11.6 Å². The molecule has 3 rings (SSSR count). The molecule has 0 aliphatic heterocycles. The Morgan fingerprint density at radius 2 is 1.79 bits per heavy atom. The van der Waals surface area contributed by atoms with Gasteiger partial charge in [0.15, 0.2) is 0 Å². The first-order valence-electron chi connectivity index (χ1n) is 9.51. The first-order valence-corrected chi connectivity index (χ1v) is 9.88. The molecular formula is C23H27ClN2O2. The number of halogens is 1. The molecule has 0 bridgehead atoms. The van der Waals surface area contributed by atoms with Gasteiger partial charge in [-0.05, 0) is 36.1 Å². The van der Waals surface area contributed by atoms with Crippen molar-refractivity contribution in [3.8, 4) is 16.9 Å². The summed E-state index contributed by atoms with van der Waals surface area (Å²) in [6, 6.07) is 15.8. The molecule has 0 saturated carbocycles. The van der Waals surface area contributed by atoms with Crippen LogP contribution in [0.2, 0.25) is 5.02 Å². The molecule has 2 aromatic carbocycles. The first-order chi connectivity index (χ1) is 13.4. The topological polar surface area (TPSA) is 36.3 Å². The van der Waals surface area contributed by atoms with E-state index in [1.165, 1.54) is 0 Å². The van der Waals surface area contributed by atoms with Crippen LogP contribution in [0.4, 0.5) is 0 Å². The minimum Gasteiger partial charge on any atom is -0.467 e. The average molecular weight is 399 g/mol. The predicted octanol–water partition coefficient (Wildman–Crippen LogP) is 6.23. The lowest BCUT2D eigenvalue weighted by Gasteiger charge is -2.37. The van der Waals surface area contributed by atoms with Crippen molar-refractivity contribution in [1.82, 2.24) is 9.55 Å². The maximum Gasteiger partial charge on any atom is 0.203 e. The van der Waals surface area contributed by atoms with Gasteiger partial charge in [-0.1, -0.05) is 62.7 Å². The number of rotatable bonds is 7. The maximum absolute atomic E-state index is 6.58. The summed E-state index contributed by atoms with van der Waals surface area (Å²) in [5.74, 6) is 0.789. The monoisotopic (exact) mass is 398 g/mol. The van der Waals surface area contributed by atoms with E-state index in [9.17, 15) is 0 Å². The minimum absolute atomic E-state index is 0.125. The van der Waals surface area contributed by atoms with Gasteiger partial charge in [0, 0.05) is 29.6 Å². The molecule has 1 aromatic heterocycles. The highest BCUT2D eigenvalue weighted by molar-refractivity contribution is 6.30. The Morgan fingerprint density at radius 3 is 2.39 bits per heavy atom. The molecule has 1 heterocycles. The second-order valence-corrected chi connectivity index (χ2v) is 8.20. The van der Waals surface area contributed by atoms with Crippen LogP contribution in [-0.2, 0) is 4.74 Å². The molecule has 0 aliphatic rings. The third-order valence-electron chi connectivity index (χ3n) is 4.57. The number of imidazole rings is 1. The van der Waals surface area contributed by atoms with Crippen LogP contribution in [0.1, 0.15) is 33.9 Å². The third-order valence-corrected chi connectivity index (χ3v) is 4.82. The normalized spacial score (nSPS) is 13.9. The largest absolute Gasteiger partial charge is 0.467 e. The van der Waals surface area contributed by atoms with E-state index in [1.54, 1.807) is 12.5 Å². The summed E-state index contributed by atoms with van der Waals surface area (Å²) in [6.45, 7) is 9.09. The van der Waals surface area contributed by atoms with Crippen molar-refractivity contribution < 1.29 is 9.47 Å². The Balaban J connectivity index is 2.01. The molecule has 0 saturated heterocycles. The Morgan fingerprint density at radius 1 is 1.07 bits per heavy atom. The van der Waals surface area contributed by atoms with E-state index < -0.39 is 0 Å². The minimum atomic E-state index is -0.351. The van der Waals surface area contributed by atoms with Crippen LogP contribution in [0.25, 0.3) is 11.1 Å². The first kappa shape index (κ1) is 20.4. The fourth-order valence-electron chi connectivity index (χ4n) is 3.21. The summed E-state index contributed by atoms with van der Waals surface area (Å²) in [6.07, 6.45) is 4.93. The number of para-hydroxylation sites is 1. The highest BCUT2D eigenvalue weighted by atomic mass is 35.5. The average Bonchev–Trinajstić information content (AvgIpc) is 3.19. The van der Waals surface area contributed by atoms with Crippen LogP contribution in [-0.4, -0.2) is 22.3 Å². The van der Waals surface area contributed by atoms with Gasteiger partial charge in [-0.25, -0.2) is 4.98 Å². The van der Waals surface area contributed by atoms with Crippen molar-refractivity contribution in [3.05, 3.63) is 72.3 Å². The number of hydrogen-bond acceptors (Lipinski definition) is 3. The van der Waals surface area contributed by atoms with Gasteiger partial charge in [0.05, 0.1) is 6.33 Å². The molecule has 0 amide bonds. The molecule has 0 aliphatic carbocycles. The zero-order chi connectivity index (χ0) is 20.1. The number of nitrogens with zero attached hydrogens (tertiary/aromatic N) is 2. The Bertz CT molecular complexity index is 870. The van der Waals surface area contributed by atoms with Gasteiger partial charge in [0.1, 0.15) is 11.9 Å². The van der Waals surface area contributed by atoms with Gasteiger partial charge in [0.25, 0.3) is 0 Å². The van der Waals surface area contributed by atoms with Crippen LogP contribution in [0.5, 0.6) is 5.75 Å². The van der Waals surface area contributed by atoms with Crippen LogP contribution in [0.3, 0.4) is 0 Å². The van der Waals surface area contributed by atoms with Crippen LogP contribution < -0.4 is 4.74 Å². The molecule has 0 N–H and O–H groups in total. The van der Waals surface area contributed by atoms with Gasteiger partial charge in [0.2, 0.25) is 6.23 Å². The molecule has 5 heteroatoms. The summed E-state index contributed by atoms with van der Waals surface area (Å²) < 4.78 is 14.7. The summed E-state index contributed by atoms with van der Waals surface area (Å²) in [5.41, 5.74) is 1.93. The Labute approximate surface area is 172 Å². The molecule has 0 fully saturated rings. The second-order valence-electron chi connectivity index (χ2n) is 7.76. The van der Waals surface area contributed by atoms with Crippen molar-refractivity contribution in [3.63, 3.8) is 0 Å². The zero-order valence-electron chi connectivity index (χ0n) is 16.8. The number of ether oxygens (including phenoxy) is 2. The van der Waals surface area contributed by atoms with Gasteiger partial charge in [-0.15, -0.1) is 0 Å². The fourth-order valence-corrected chi connectivity index (χ4v) is 3.33. The number of hydrogen-bond donors (Lipinski definition) is 0. The van der Waals surface area contributed by atoms with Crippen LogP contribution >= 0.6 is 11.6 Å². The Hall–Kier alpha value is -2.30. The molecule has 2 atom stereocenters. The molecule has 0 spiro atoms. The zero-order valence-corrected chi connectivity index (χ0v) is 17.6. The predicted molar refractivity (Wildman–Crippen MR) is 114 cm³/mol. The standard InChI is InChI=1S/C23H27ClN2O2/c1-5-27-21(23(2,3)4)22(26-15-14-25-16-26)28-20-9-7-6-8-19(20)17-10-12-18(24)13-11-17/h6-16,21-22H,5H2,1-4H3. The lowest BCUT2D eigenvalue weighted by molar-refractivity contribution is -0.107. The molecule has 2 unspecified atom stereocenters. The SMILES string of the molecule is CCOC(C(Oc1ccccc1-c1ccc(Cl)cc1)n1ccnc1)C(C)(C)C. The lowest BCUT2D eigenvalue weighted by Crippen LogP contribution is -2.40. The van der Waals surface area contributed by atoms with Gasteiger partial charge in [-0.3, -0.25) is 4.57 Å². The smallest absolute Gasteiger partial charge is 0.203 e. The van der Waals surface area contributed by atoms with Crippen LogP contribution in [0, 0.1) is 5.41 Å². The van der Waals surface area contributed by atoms with Gasteiger partial charge >= 0.3 is 0 Å². The van der Waals surface area contributed by atoms with E-state index in [0.717, 1.165) is 16.9 Å². The van der Waals surface area contributed by atoms with Crippen molar-refractivity contribution in [2.75, 3.05) is 6.61 Å². The van der Waals surface area contributed by atoms with Crippen LogP contribution in [0.15, 0.2) is 67.3 Å². The number of benzene rings is 2. The summed E-state index contributed by atoms with van der Waals surface area (Å²) in [7, 11) is 0. The quantitative estimate of drug-likeness (QED) is 0.473. The van der Waals surface area contributed by atoms with Gasteiger partial charge in [-0.2, -0.15) is 0 Å². The van der Waals surface area contributed by atoms with E-state index in [4.69, 9.17) is 21.1 Å². The van der Waals surface area contributed by atoms with E-state index in [2.05, 4.69) is 31.8 Å². The molecular weight excluding hydrogens is 372 g/mol.